The van der Waals surface area contributed by atoms with Crippen LogP contribution in [0.4, 0.5) is 4.39 Å². The van der Waals surface area contributed by atoms with E-state index in [4.69, 9.17) is 0 Å². The number of carbonyl (C=O) groups is 1. The predicted molar refractivity (Wildman–Crippen MR) is 42.3 cm³/mol. The second-order valence-corrected chi connectivity index (χ2v) is 2.51. The summed E-state index contributed by atoms with van der Waals surface area (Å²) in [5.41, 5.74) is 0.293. The van der Waals surface area contributed by atoms with Crippen molar-refractivity contribution >= 4 is 21.7 Å². The quantitative estimate of drug-likeness (QED) is 0.559. The van der Waals surface area contributed by atoms with Crippen molar-refractivity contribution < 1.29 is 9.18 Å². The Morgan fingerprint density at radius 2 is 2.36 bits per heavy atom. The number of hydrogen-bond donors (Lipinski definition) is 0. The first-order valence-electron chi connectivity index (χ1n) is 2.94. The van der Waals surface area contributed by atoms with Gasteiger partial charge in [-0.25, -0.2) is 4.39 Å². The Balaban J connectivity index is 2.96. The van der Waals surface area contributed by atoms with Crippen molar-refractivity contribution in [3.05, 3.63) is 29.8 Å². The Labute approximate surface area is 71.6 Å². The maximum Gasteiger partial charge on any atom is 0.175 e. The molecule has 1 aromatic rings. The van der Waals surface area contributed by atoms with E-state index in [1.54, 1.807) is 0 Å². The third-order valence-corrected chi connectivity index (χ3v) is 1.66. The lowest BCUT2D eigenvalue weighted by Crippen LogP contribution is -2.00. The molecule has 0 bridgehead atoms. The number of pyridine rings is 1. The van der Waals surface area contributed by atoms with Gasteiger partial charge in [-0.1, -0.05) is 15.9 Å². The maximum atomic E-state index is 12.4. The zero-order valence-electron chi connectivity index (χ0n) is 5.55. The molecule has 0 saturated heterocycles. The summed E-state index contributed by atoms with van der Waals surface area (Å²) in [6.45, 7) is 0. The lowest BCUT2D eigenvalue weighted by molar-refractivity contribution is 0.102. The number of nitrogens with zero attached hydrogens (tertiary/aromatic N) is 1. The summed E-state index contributed by atoms with van der Waals surface area (Å²) >= 11 is 2.98. The van der Waals surface area contributed by atoms with Crippen LogP contribution in [0.1, 0.15) is 10.4 Å². The van der Waals surface area contributed by atoms with E-state index in [0.717, 1.165) is 12.3 Å². The van der Waals surface area contributed by atoms with Gasteiger partial charge < -0.3 is 0 Å². The fraction of sp³-hybridized carbons (Fsp3) is 0.143. The van der Waals surface area contributed by atoms with Crippen molar-refractivity contribution in [2.45, 2.75) is 0 Å². The molecular weight excluding hydrogens is 213 g/mol. The Bertz CT molecular complexity index is 277. The van der Waals surface area contributed by atoms with Crippen LogP contribution in [0, 0.1) is 5.82 Å². The average molecular weight is 218 g/mol. The van der Waals surface area contributed by atoms with Gasteiger partial charge >= 0.3 is 0 Å². The minimum Gasteiger partial charge on any atom is -0.293 e. The average Bonchev–Trinajstić information content (AvgIpc) is 2.03. The summed E-state index contributed by atoms with van der Waals surface area (Å²) in [5.74, 6) is -0.659. The molecule has 4 heteroatoms. The summed E-state index contributed by atoms with van der Waals surface area (Å²) in [5, 5.41) is 0.193. The SMILES string of the molecule is O=C(CBr)c1cncc(F)c1. The van der Waals surface area contributed by atoms with Gasteiger partial charge in [-0.05, 0) is 6.07 Å². The largest absolute Gasteiger partial charge is 0.293 e. The molecule has 11 heavy (non-hydrogen) atoms. The van der Waals surface area contributed by atoms with Gasteiger partial charge in [0.15, 0.2) is 5.78 Å². The molecule has 0 fully saturated rings. The topological polar surface area (TPSA) is 30.0 Å². The van der Waals surface area contributed by atoms with Crippen LogP contribution in [0.25, 0.3) is 0 Å². The third kappa shape index (κ3) is 2.08. The second kappa shape index (κ2) is 3.57. The molecule has 0 N–H and O–H groups in total. The number of Topliss-reactive ketones (excluding diaryl/α,β-unsaturated/α-hetero) is 1. The molecule has 1 heterocycles. The van der Waals surface area contributed by atoms with Crippen molar-refractivity contribution in [3.63, 3.8) is 0 Å². The standard InChI is InChI=1S/C7H5BrFNO/c8-2-7(11)5-1-6(9)4-10-3-5/h1,3-4H,2H2. The van der Waals surface area contributed by atoms with E-state index < -0.39 is 5.82 Å². The predicted octanol–water partition coefficient (Wildman–Crippen LogP) is 1.80. The fourth-order valence-electron chi connectivity index (χ4n) is 0.642. The summed E-state index contributed by atoms with van der Waals surface area (Å²) in [6, 6.07) is 1.16. The highest BCUT2D eigenvalue weighted by atomic mass is 79.9. The Kier molecular flexibility index (Phi) is 2.70. The third-order valence-electron chi connectivity index (χ3n) is 1.15. The number of halogens is 2. The van der Waals surface area contributed by atoms with Gasteiger partial charge in [0.1, 0.15) is 5.82 Å². The van der Waals surface area contributed by atoms with E-state index in [9.17, 15) is 9.18 Å². The highest BCUT2D eigenvalue weighted by molar-refractivity contribution is 9.09. The van der Waals surface area contributed by atoms with Crippen molar-refractivity contribution in [2.75, 3.05) is 5.33 Å². The van der Waals surface area contributed by atoms with Crippen LogP contribution in [0.2, 0.25) is 0 Å². The Morgan fingerprint density at radius 1 is 1.64 bits per heavy atom. The monoisotopic (exact) mass is 217 g/mol. The van der Waals surface area contributed by atoms with Crippen molar-refractivity contribution in [1.82, 2.24) is 4.98 Å². The number of alkyl halides is 1. The molecule has 0 aliphatic heterocycles. The molecule has 58 valence electrons. The van der Waals surface area contributed by atoms with E-state index >= 15 is 0 Å². The van der Waals surface area contributed by atoms with Crippen molar-refractivity contribution in [2.24, 2.45) is 0 Å². The number of ketones is 1. The number of carbonyl (C=O) groups excluding carboxylic acids is 1. The van der Waals surface area contributed by atoms with Crippen LogP contribution in [-0.4, -0.2) is 16.1 Å². The Morgan fingerprint density at radius 3 is 2.91 bits per heavy atom. The Hall–Kier alpha value is -0.770. The maximum absolute atomic E-state index is 12.4. The highest BCUT2D eigenvalue weighted by Gasteiger charge is 2.03. The minimum atomic E-state index is -0.489. The van der Waals surface area contributed by atoms with Gasteiger partial charge in [-0.2, -0.15) is 0 Å². The van der Waals surface area contributed by atoms with Crippen LogP contribution >= 0.6 is 15.9 Å². The van der Waals surface area contributed by atoms with Crippen LogP contribution < -0.4 is 0 Å². The lowest BCUT2D eigenvalue weighted by atomic mass is 10.2. The van der Waals surface area contributed by atoms with E-state index in [1.807, 2.05) is 0 Å². The zero-order chi connectivity index (χ0) is 8.27. The number of aromatic nitrogens is 1. The smallest absolute Gasteiger partial charge is 0.175 e. The molecule has 2 nitrogen and oxygen atoms in total. The highest BCUT2D eigenvalue weighted by Crippen LogP contribution is 2.03. The van der Waals surface area contributed by atoms with Crippen molar-refractivity contribution in [1.29, 1.82) is 0 Å². The van der Waals surface area contributed by atoms with Crippen molar-refractivity contribution in [3.8, 4) is 0 Å². The minimum absolute atomic E-state index is 0.169. The molecule has 0 aromatic carbocycles. The van der Waals surface area contributed by atoms with Gasteiger partial charge in [0.25, 0.3) is 0 Å². The molecule has 0 atom stereocenters. The van der Waals surface area contributed by atoms with Gasteiger partial charge in [0.05, 0.1) is 11.5 Å². The van der Waals surface area contributed by atoms with Gasteiger partial charge in [-0.3, -0.25) is 9.78 Å². The summed E-state index contributed by atoms with van der Waals surface area (Å²) < 4.78 is 12.4. The molecule has 0 saturated carbocycles. The molecule has 0 unspecified atom stereocenters. The molecule has 0 aliphatic carbocycles. The molecular formula is C7H5BrFNO. The van der Waals surface area contributed by atoms with E-state index in [2.05, 4.69) is 20.9 Å². The molecule has 0 aliphatic rings. The van der Waals surface area contributed by atoms with E-state index in [-0.39, 0.29) is 11.1 Å². The molecule has 0 radical (unpaired) electrons. The van der Waals surface area contributed by atoms with Gasteiger partial charge in [0, 0.05) is 11.8 Å². The van der Waals surface area contributed by atoms with Crippen LogP contribution in [0.3, 0.4) is 0 Å². The normalized spacial score (nSPS) is 9.64. The second-order valence-electron chi connectivity index (χ2n) is 1.95. The van der Waals surface area contributed by atoms with Gasteiger partial charge in [0.2, 0.25) is 0 Å². The fourth-order valence-corrected chi connectivity index (χ4v) is 0.965. The first-order chi connectivity index (χ1) is 5.24. The van der Waals surface area contributed by atoms with Gasteiger partial charge in [-0.15, -0.1) is 0 Å². The van der Waals surface area contributed by atoms with Crippen LogP contribution in [0.5, 0.6) is 0 Å². The summed E-state index contributed by atoms with van der Waals surface area (Å²) in [4.78, 5) is 14.4. The molecule has 1 rings (SSSR count). The first-order valence-corrected chi connectivity index (χ1v) is 4.06. The number of hydrogen-bond acceptors (Lipinski definition) is 2. The number of rotatable bonds is 2. The van der Waals surface area contributed by atoms with Crippen LogP contribution in [0.15, 0.2) is 18.5 Å². The molecule has 0 amide bonds. The molecule has 0 spiro atoms. The summed E-state index contributed by atoms with van der Waals surface area (Å²) in [7, 11) is 0. The van der Waals surface area contributed by atoms with Crippen LogP contribution in [-0.2, 0) is 0 Å². The first kappa shape index (κ1) is 8.33. The molecule has 1 aromatic heterocycles. The zero-order valence-corrected chi connectivity index (χ0v) is 7.14. The van der Waals surface area contributed by atoms with E-state index in [1.165, 1.54) is 6.20 Å². The van der Waals surface area contributed by atoms with E-state index in [0.29, 0.717) is 5.56 Å². The lowest BCUT2D eigenvalue weighted by Gasteiger charge is -1.94. The summed E-state index contributed by atoms with van der Waals surface area (Å²) in [6.07, 6.45) is 2.40.